The Balaban J connectivity index is 2.00. The van der Waals surface area contributed by atoms with Crippen molar-refractivity contribution in [2.45, 2.75) is 44.1 Å². The van der Waals surface area contributed by atoms with E-state index in [1.54, 1.807) is 19.9 Å². The predicted molar refractivity (Wildman–Crippen MR) is 63.5 cm³/mol. The van der Waals surface area contributed by atoms with E-state index in [1.165, 1.54) is 0 Å². The van der Waals surface area contributed by atoms with Crippen LogP contribution in [0.1, 0.15) is 13.8 Å². The predicted octanol–water partition coefficient (Wildman–Crippen LogP) is 0.436. The van der Waals surface area contributed by atoms with Gasteiger partial charge in [-0.3, -0.25) is 4.18 Å². The first-order chi connectivity index (χ1) is 8.22. The molecule has 0 aromatic carbocycles. The maximum Gasteiger partial charge on any atom is 0.264 e. The minimum atomic E-state index is -3.49. The van der Waals surface area contributed by atoms with Crippen molar-refractivity contribution < 1.29 is 26.8 Å². The van der Waals surface area contributed by atoms with Gasteiger partial charge in [-0.15, -0.1) is 6.58 Å². The second kappa shape index (κ2) is 4.57. The lowest BCUT2D eigenvalue weighted by Crippen LogP contribution is -2.33. The summed E-state index contributed by atoms with van der Waals surface area (Å²) in [6.07, 6.45) is 1.68. The van der Waals surface area contributed by atoms with Crippen LogP contribution >= 0.6 is 0 Å². The van der Waals surface area contributed by atoms with Crippen LogP contribution < -0.4 is 0 Å². The van der Waals surface area contributed by atoms with Gasteiger partial charge in [0, 0.05) is 0 Å². The zero-order chi connectivity index (χ0) is 13.6. The van der Waals surface area contributed by atoms with Crippen molar-refractivity contribution in [1.82, 2.24) is 0 Å². The normalized spacial score (nSPS) is 38.6. The molecule has 0 aromatic heterocycles. The Morgan fingerprint density at radius 3 is 2.50 bits per heavy atom. The van der Waals surface area contributed by atoms with E-state index in [4.69, 9.17) is 18.4 Å². The van der Waals surface area contributed by atoms with Crippen LogP contribution in [0.25, 0.3) is 0 Å². The number of ether oxygens (including phenoxy) is 3. The summed E-state index contributed by atoms with van der Waals surface area (Å²) in [5.41, 5.74) is 0. The number of rotatable bonds is 5. The van der Waals surface area contributed by atoms with Gasteiger partial charge < -0.3 is 14.2 Å². The third kappa shape index (κ3) is 3.30. The average molecular weight is 278 g/mol. The zero-order valence-corrected chi connectivity index (χ0v) is 11.5. The number of epoxide rings is 1. The Labute approximate surface area is 107 Å². The average Bonchev–Trinajstić information content (AvgIpc) is 2.93. The first kappa shape index (κ1) is 14.0. The van der Waals surface area contributed by atoms with Crippen molar-refractivity contribution in [3.63, 3.8) is 0 Å². The Morgan fingerprint density at radius 2 is 2.00 bits per heavy atom. The summed E-state index contributed by atoms with van der Waals surface area (Å²) >= 11 is 0. The zero-order valence-electron chi connectivity index (χ0n) is 10.7. The fourth-order valence-electron chi connectivity index (χ4n) is 2.05. The Morgan fingerprint density at radius 1 is 1.33 bits per heavy atom. The molecule has 0 N–H and O–H groups in total. The van der Waals surface area contributed by atoms with Gasteiger partial charge >= 0.3 is 0 Å². The quantitative estimate of drug-likeness (QED) is 0.412. The summed E-state index contributed by atoms with van der Waals surface area (Å²) in [5.74, 6) is -0.770. The highest BCUT2D eigenvalue weighted by Crippen LogP contribution is 2.38. The molecule has 0 bridgehead atoms. The van der Waals surface area contributed by atoms with Crippen LogP contribution in [-0.4, -0.2) is 51.5 Å². The summed E-state index contributed by atoms with van der Waals surface area (Å²) in [4.78, 5) is 0. The lowest BCUT2D eigenvalue weighted by Gasteiger charge is -2.16. The minimum Gasteiger partial charge on any atom is -0.362 e. The Hall–Kier alpha value is -0.470. The molecule has 2 aliphatic heterocycles. The molecule has 4 atom stereocenters. The minimum absolute atomic E-state index is 0.0618. The number of hydrogen-bond donors (Lipinski definition) is 0. The van der Waals surface area contributed by atoms with Crippen molar-refractivity contribution in [1.29, 1.82) is 0 Å². The van der Waals surface area contributed by atoms with Crippen LogP contribution in [0.15, 0.2) is 12.7 Å². The van der Waals surface area contributed by atoms with Gasteiger partial charge in [0.1, 0.15) is 24.4 Å². The van der Waals surface area contributed by atoms with E-state index < -0.39 is 22.0 Å². The lowest BCUT2D eigenvalue weighted by molar-refractivity contribution is -0.149. The second-order valence-electron chi connectivity index (χ2n) is 4.93. The SMILES string of the molecule is C=C[C@H]1O[C@H]1[C@@H]1OC(C)(C)O[C@@H]1COS(C)(=O)=O. The molecule has 2 aliphatic rings. The molecule has 7 heteroatoms. The second-order valence-corrected chi connectivity index (χ2v) is 6.57. The van der Waals surface area contributed by atoms with E-state index in [-0.39, 0.29) is 24.9 Å². The van der Waals surface area contributed by atoms with Crippen molar-refractivity contribution in [2.24, 2.45) is 0 Å². The maximum absolute atomic E-state index is 11.0. The third-order valence-electron chi connectivity index (χ3n) is 2.79. The summed E-state index contributed by atoms with van der Waals surface area (Å²) < 4.78 is 43.5. The maximum atomic E-state index is 11.0. The molecule has 2 heterocycles. The molecule has 2 rings (SSSR count). The molecule has 0 unspecified atom stereocenters. The molecule has 0 radical (unpaired) electrons. The highest BCUT2D eigenvalue weighted by molar-refractivity contribution is 7.85. The van der Waals surface area contributed by atoms with Gasteiger partial charge in [0.2, 0.25) is 0 Å². The molecule has 104 valence electrons. The van der Waals surface area contributed by atoms with E-state index in [0.717, 1.165) is 6.26 Å². The summed E-state index contributed by atoms with van der Waals surface area (Å²) in [7, 11) is -3.49. The topological polar surface area (TPSA) is 74.4 Å². The fourth-order valence-corrected chi connectivity index (χ4v) is 2.43. The van der Waals surface area contributed by atoms with E-state index in [2.05, 4.69) is 6.58 Å². The van der Waals surface area contributed by atoms with Crippen molar-refractivity contribution >= 4 is 10.1 Å². The van der Waals surface area contributed by atoms with Crippen LogP contribution in [0.3, 0.4) is 0 Å². The fraction of sp³-hybridized carbons (Fsp3) is 0.818. The molecule has 0 saturated carbocycles. The van der Waals surface area contributed by atoms with E-state index in [0.29, 0.717) is 0 Å². The molecular formula is C11H18O6S. The first-order valence-electron chi connectivity index (χ1n) is 5.70. The van der Waals surface area contributed by atoms with Gasteiger partial charge in [-0.1, -0.05) is 6.08 Å². The van der Waals surface area contributed by atoms with Crippen LogP contribution in [0.5, 0.6) is 0 Å². The van der Waals surface area contributed by atoms with E-state index >= 15 is 0 Å². The van der Waals surface area contributed by atoms with Crippen LogP contribution in [-0.2, 0) is 28.5 Å². The largest absolute Gasteiger partial charge is 0.362 e. The summed E-state index contributed by atoms with van der Waals surface area (Å²) in [6, 6.07) is 0. The highest BCUT2D eigenvalue weighted by atomic mass is 32.2. The summed E-state index contributed by atoms with van der Waals surface area (Å²) in [6.45, 7) is 7.11. The number of hydrogen-bond acceptors (Lipinski definition) is 6. The monoisotopic (exact) mass is 278 g/mol. The molecule has 0 spiro atoms. The molecule has 0 amide bonds. The van der Waals surface area contributed by atoms with Crippen molar-refractivity contribution in [2.75, 3.05) is 12.9 Å². The third-order valence-corrected chi connectivity index (χ3v) is 3.35. The van der Waals surface area contributed by atoms with Gasteiger partial charge in [0.05, 0.1) is 12.9 Å². The standard InChI is InChI=1S/C11H18O6S/c1-5-7-9(15-7)10-8(6-14-18(4,12)13)16-11(2,3)17-10/h5,7-10H,1,6H2,2-4H3/t7-,8-,9-,10-/m1/s1. The molecule has 0 aromatic rings. The van der Waals surface area contributed by atoms with Gasteiger partial charge in [0.15, 0.2) is 5.79 Å². The molecule has 2 fully saturated rings. The van der Waals surface area contributed by atoms with E-state index in [1.807, 2.05) is 0 Å². The van der Waals surface area contributed by atoms with E-state index in [9.17, 15) is 8.42 Å². The Bertz CT molecular complexity index is 429. The smallest absolute Gasteiger partial charge is 0.264 e. The van der Waals surface area contributed by atoms with Gasteiger partial charge in [-0.05, 0) is 13.8 Å². The van der Waals surface area contributed by atoms with Crippen LogP contribution in [0.2, 0.25) is 0 Å². The van der Waals surface area contributed by atoms with Gasteiger partial charge in [-0.2, -0.15) is 8.42 Å². The summed E-state index contributed by atoms with van der Waals surface area (Å²) in [5, 5.41) is 0. The van der Waals surface area contributed by atoms with Gasteiger partial charge in [0.25, 0.3) is 10.1 Å². The molecule has 0 aliphatic carbocycles. The lowest BCUT2D eigenvalue weighted by atomic mass is 10.1. The molecule has 18 heavy (non-hydrogen) atoms. The molecule has 6 nitrogen and oxygen atoms in total. The Kier molecular flexibility index (Phi) is 3.54. The molecular weight excluding hydrogens is 260 g/mol. The first-order valence-corrected chi connectivity index (χ1v) is 7.51. The van der Waals surface area contributed by atoms with Gasteiger partial charge in [-0.25, -0.2) is 0 Å². The van der Waals surface area contributed by atoms with Crippen LogP contribution in [0, 0.1) is 0 Å². The van der Waals surface area contributed by atoms with Crippen LogP contribution in [0.4, 0.5) is 0 Å². The highest BCUT2D eigenvalue weighted by Gasteiger charge is 2.54. The van der Waals surface area contributed by atoms with Crippen molar-refractivity contribution in [3.05, 3.63) is 12.7 Å². The van der Waals surface area contributed by atoms with Crippen molar-refractivity contribution in [3.8, 4) is 0 Å². The molecule has 2 saturated heterocycles.